The number of hydrogen-bond donors (Lipinski definition) is 2. The van der Waals surface area contributed by atoms with Gasteiger partial charge in [-0.25, -0.2) is 4.98 Å². The van der Waals surface area contributed by atoms with Crippen molar-refractivity contribution in [2.45, 2.75) is 13.3 Å². The van der Waals surface area contributed by atoms with Crippen LogP contribution in [0, 0.1) is 0 Å². The Morgan fingerprint density at radius 1 is 1.10 bits per heavy atom. The van der Waals surface area contributed by atoms with Crippen LogP contribution in [0.2, 0.25) is 0 Å². The Balaban J connectivity index is 2.14. The predicted molar refractivity (Wildman–Crippen MR) is 83.6 cm³/mol. The third kappa shape index (κ3) is 3.98. The van der Waals surface area contributed by atoms with E-state index in [-0.39, 0.29) is 0 Å². The van der Waals surface area contributed by atoms with Crippen molar-refractivity contribution in [1.29, 1.82) is 0 Å². The highest BCUT2D eigenvalue weighted by Gasteiger charge is 2.06. The third-order valence-electron chi connectivity index (χ3n) is 2.85. The van der Waals surface area contributed by atoms with Crippen molar-refractivity contribution in [2.24, 2.45) is 0 Å². The number of rotatable bonds is 7. The largest absolute Gasteiger partial charge is 0.493 e. The summed E-state index contributed by atoms with van der Waals surface area (Å²) in [5.41, 5.74) is 0.834. The molecular weight excluding hydrogens is 268 g/mol. The van der Waals surface area contributed by atoms with Gasteiger partial charge in [0.05, 0.1) is 14.2 Å². The van der Waals surface area contributed by atoms with E-state index in [1.54, 1.807) is 20.4 Å². The maximum atomic E-state index is 5.27. The van der Waals surface area contributed by atoms with Gasteiger partial charge in [-0.3, -0.25) is 0 Å². The summed E-state index contributed by atoms with van der Waals surface area (Å²) < 4.78 is 10.5. The molecule has 0 atom stereocenters. The minimum Gasteiger partial charge on any atom is -0.493 e. The first-order chi connectivity index (χ1) is 10.3. The molecule has 2 rings (SSSR count). The minimum atomic E-state index is 0.531. The molecule has 6 nitrogen and oxygen atoms in total. The van der Waals surface area contributed by atoms with Crippen LogP contribution < -0.4 is 20.1 Å². The molecule has 0 fully saturated rings. The van der Waals surface area contributed by atoms with E-state index in [2.05, 4.69) is 27.5 Å². The Hall–Kier alpha value is -2.50. The topological polar surface area (TPSA) is 68.3 Å². The molecule has 0 aliphatic rings. The molecule has 1 aromatic carbocycles. The molecule has 1 heterocycles. The average molecular weight is 288 g/mol. The van der Waals surface area contributed by atoms with Gasteiger partial charge in [0.25, 0.3) is 0 Å². The van der Waals surface area contributed by atoms with Crippen LogP contribution in [0.1, 0.15) is 13.3 Å². The van der Waals surface area contributed by atoms with Crippen molar-refractivity contribution in [3.05, 3.63) is 30.5 Å². The molecule has 0 radical (unpaired) electrons. The molecule has 0 saturated carbocycles. The lowest BCUT2D eigenvalue weighted by Gasteiger charge is -2.11. The number of benzene rings is 1. The summed E-state index contributed by atoms with van der Waals surface area (Å²) in [5, 5.41) is 6.37. The van der Waals surface area contributed by atoms with E-state index in [9.17, 15) is 0 Å². The standard InChI is InChI=1S/C15H20N4O2/c1-4-8-16-14-7-9-17-15(19-14)18-11-5-6-12(20-2)13(10-11)21-3/h5-7,9-10H,4,8H2,1-3H3,(H2,16,17,18,19). The Kier molecular flexibility index (Phi) is 5.20. The molecule has 2 N–H and O–H groups in total. The lowest BCUT2D eigenvalue weighted by Crippen LogP contribution is -2.04. The minimum absolute atomic E-state index is 0.531. The average Bonchev–Trinajstić information content (AvgIpc) is 2.53. The van der Waals surface area contributed by atoms with E-state index in [1.807, 2.05) is 24.3 Å². The Labute approximate surface area is 124 Å². The first-order valence-corrected chi connectivity index (χ1v) is 6.82. The van der Waals surface area contributed by atoms with Crippen LogP contribution in [0.25, 0.3) is 0 Å². The summed E-state index contributed by atoms with van der Waals surface area (Å²) in [6, 6.07) is 7.40. The van der Waals surface area contributed by atoms with Crippen LogP contribution >= 0.6 is 0 Å². The quantitative estimate of drug-likeness (QED) is 0.816. The lowest BCUT2D eigenvalue weighted by molar-refractivity contribution is 0.355. The van der Waals surface area contributed by atoms with Crippen LogP contribution in [-0.2, 0) is 0 Å². The highest BCUT2D eigenvalue weighted by atomic mass is 16.5. The van der Waals surface area contributed by atoms with Crippen LogP contribution in [0.15, 0.2) is 30.5 Å². The number of aromatic nitrogens is 2. The maximum Gasteiger partial charge on any atom is 0.229 e. The van der Waals surface area contributed by atoms with E-state index < -0.39 is 0 Å². The fraction of sp³-hybridized carbons (Fsp3) is 0.333. The molecule has 0 spiro atoms. The molecule has 21 heavy (non-hydrogen) atoms. The fourth-order valence-electron chi connectivity index (χ4n) is 1.81. The first-order valence-electron chi connectivity index (χ1n) is 6.82. The summed E-state index contributed by atoms with van der Waals surface area (Å²) in [6.07, 6.45) is 2.76. The number of nitrogens with one attached hydrogen (secondary N) is 2. The molecule has 0 aliphatic carbocycles. The lowest BCUT2D eigenvalue weighted by atomic mass is 10.3. The molecule has 0 aliphatic heterocycles. The zero-order valence-corrected chi connectivity index (χ0v) is 12.5. The molecule has 0 amide bonds. The Morgan fingerprint density at radius 2 is 1.90 bits per heavy atom. The fourth-order valence-corrected chi connectivity index (χ4v) is 1.81. The summed E-state index contributed by atoms with van der Waals surface area (Å²) in [4.78, 5) is 8.60. The smallest absolute Gasteiger partial charge is 0.229 e. The third-order valence-corrected chi connectivity index (χ3v) is 2.85. The number of anilines is 3. The zero-order chi connectivity index (χ0) is 15.1. The predicted octanol–water partition coefficient (Wildman–Crippen LogP) is 3.06. The molecule has 112 valence electrons. The first kappa shape index (κ1) is 14.9. The van der Waals surface area contributed by atoms with Crippen LogP contribution in [0.5, 0.6) is 11.5 Å². The van der Waals surface area contributed by atoms with Gasteiger partial charge in [0.1, 0.15) is 5.82 Å². The van der Waals surface area contributed by atoms with Gasteiger partial charge in [0.2, 0.25) is 5.95 Å². The van der Waals surface area contributed by atoms with Crippen molar-refractivity contribution in [2.75, 3.05) is 31.4 Å². The van der Waals surface area contributed by atoms with Crippen molar-refractivity contribution < 1.29 is 9.47 Å². The number of hydrogen-bond acceptors (Lipinski definition) is 6. The molecular formula is C15H20N4O2. The van der Waals surface area contributed by atoms with Crippen molar-refractivity contribution in [1.82, 2.24) is 9.97 Å². The van der Waals surface area contributed by atoms with Gasteiger partial charge in [-0.05, 0) is 24.6 Å². The van der Waals surface area contributed by atoms with Gasteiger partial charge >= 0.3 is 0 Å². The Morgan fingerprint density at radius 3 is 2.62 bits per heavy atom. The molecule has 0 saturated heterocycles. The second-order valence-corrected chi connectivity index (χ2v) is 4.39. The number of methoxy groups -OCH3 is 2. The van der Waals surface area contributed by atoms with Crippen LogP contribution in [0.4, 0.5) is 17.5 Å². The summed E-state index contributed by atoms with van der Waals surface area (Å²) >= 11 is 0. The van der Waals surface area contributed by atoms with E-state index in [0.29, 0.717) is 17.4 Å². The van der Waals surface area contributed by atoms with Gasteiger partial charge in [0, 0.05) is 24.5 Å². The van der Waals surface area contributed by atoms with Crippen molar-refractivity contribution >= 4 is 17.5 Å². The van der Waals surface area contributed by atoms with Gasteiger partial charge in [0.15, 0.2) is 11.5 Å². The Bertz CT molecular complexity index is 590. The second-order valence-electron chi connectivity index (χ2n) is 4.39. The van der Waals surface area contributed by atoms with Gasteiger partial charge < -0.3 is 20.1 Å². The highest BCUT2D eigenvalue weighted by Crippen LogP contribution is 2.30. The van der Waals surface area contributed by atoms with E-state index in [4.69, 9.17) is 9.47 Å². The number of nitrogens with zero attached hydrogens (tertiary/aromatic N) is 2. The number of ether oxygens (including phenoxy) is 2. The molecule has 0 unspecified atom stereocenters. The van der Waals surface area contributed by atoms with E-state index >= 15 is 0 Å². The summed E-state index contributed by atoms with van der Waals surface area (Å²) in [7, 11) is 3.21. The van der Waals surface area contributed by atoms with E-state index in [0.717, 1.165) is 24.5 Å². The molecule has 6 heteroatoms. The van der Waals surface area contributed by atoms with Gasteiger partial charge in [-0.1, -0.05) is 6.92 Å². The van der Waals surface area contributed by atoms with E-state index in [1.165, 1.54) is 0 Å². The van der Waals surface area contributed by atoms with Crippen LogP contribution in [-0.4, -0.2) is 30.7 Å². The summed E-state index contributed by atoms with van der Waals surface area (Å²) in [6.45, 7) is 2.99. The molecule has 0 bridgehead atoms. The molecule has 1 aromatic heterocycles. The van der Waals surface area contributed by atoms with Crippen molar-refractivity contribution in [3.63, 3.8) is 0 Å². The second kappa shape index (κ2) is 7.33. The van der Waals surface area contributed by atoms with Crippen LogP contribution in [0.3, 0.4) is 0 Å². The highest BCUT2D eigenvalue weighted by molar-refractivity contribution is 5.60. The zero-order valence-electron chi connectivity index (χ0n) is 12.5. The molecule has 2 aromatic rings. The SMILES string of the molecule is CCCNc1ccnc(Nc2ccc(OC)c(OC)c2)n1. The summed E-state index contributed by atoms with van der Waals surface area (Å²) in [5.74, 6) is 2.67. The maximum absolute atomic E-state index is 5.27. The van der Waals surface area contributed by atoms with Crippen molar-refractivity contribution in [3.8, 4) is 11.5 Å². The monoisotopic (exact) mass is 288 g/mol. The normalized spacial score (nSPS) is 10.0. The van der Waals surface area contributed by atoms with Gasteiger partial charge in [-0.15, -0.1) is 0 Å². The van der Waals surface area contributed by atoms with Gasteiger partial charge in [-0.2, -0.15) is 4.98 Å².